The Bertz CT molecular complexity index is 413. The molecule has 2 aliphatic heterocycles. The van der Waals surface area contributed by atoms with E-state index in [1.165, 1.54) is 0 Å². The predicted octanol–water partition coefficient (Wildman–Crippen LogP) is 2.12. The second-order valence-electron chi connectivity index (χ2n) is 6.67. The molecule has 1 N–H and O–H groups in total. The summed E-state index contributed by atoms with van der Waals surface area (Å²) in [5.74, 6) is 0.142. The summed E-state index contributed by atoms with van der Waals surface area (Å²) in [6.45, 7) is 8.55. The number of carbonyl (C=O) groups excluding carboxylic acids is 1. The van der Waals surface area contributed by atoms with Crippen molar-refractivity contribution in [2.24, 2.45) is 5.41 Å². The minimum atomic E-state index is -0.805. The Kier molecular flexibility index (Phi) is 4.23. The van der Waals surface area contributed by atoms with E-state index in [-0.39, 0.29) is 10.8 Å². The van der Waals surface area contributed by atoms with E-state index in [0.717, 1.165) is 25.3 Å². The van der Waals surface area contributed by atoms with Gasteiger partial charge in [-0.3, -0.25) is 4.79 Å². The summed E-state index contributed by atoms with van der Waals surface area (Å²) >= 11 is 1.90. The SMILES string of the molecule is CC1(C)CCN(C(=O)N2CCC(C)(C(=O)O)C2)CCS1. The molecule has 0 spiro atoms. The van der Waals surface area contributed by atoms with E-state index in [1.807, 2.05) is 16.7 Å². The predicted molar refractivity (Wildman–Crippen MR) is 80.1 cm³/mol. The molecule has 0 radical (unpaired) electrons. The van der Waals surface area contributed by atoms with Crippen molar-refractivity contribution < 1.29 is 14.7 Å². The van der Waals surface area contributed by atoms with Crippen LogP contribution < -0.4 is 0 Å². The second-order valence-corrected chi connectivity index (χ2v) is 8.47. The monoisotopic (exact) mass is 300 g/mol. The zero-order valence-electron chi connectivity index (χ0n) is 12.5. The molecule has 2 heterocycles. The highest BCUT2D eigenvalue weighted by Gasteiger charge is 2.43. The van der Waals surface area contributed by atoms with Crippen molar-refractivity contribution in [3.63, 3.8) is 0 Å². The molecule has 6 heteroatoms. The lowest BCUT2D eigenvalue weighted by Crippen LogP contribution is -2.44. The Morgan fingerprint density at radius 3 is 2.30 bits per heavy atom. The molecule has 2 fully saturated rings. The van der Waals surface area contributed by atoms with E-state index in [0.29, 0.717) is 19.5 Å². The van der Waals surface area contributed by atoms with E-state index in [9.17, 15) is 14.7 Å². The van der Waals surface area contributed by atoms with E-state index >= 15 is 0 Å². The van der Waals surface area contributed by atoms with Gasteiger partial charge in [0.1, 0.15) is 0 Å². The summed E-state index contributed by atoms with van der Waals surface area (Å²) in [4.78, 5) is 27.4. The lowest BCUT2D eigenvalue weighted by molar-refractivity contribution is -0.147. The number of rotatable bonds is 1. The number of thioether (sulfide) groups is 1. The van der Waals surface area contributed by atoms with Gasteiger partial charge in [0.05, 0.1) is 5.41 Å². The molecule has 20 heavy (non-hydrogen) atoms. The molecule has 0 aromatic rings. The Morgan fingerprint density at radius 2 is 1.70 bits per heavy atom. The fourth-order valence-corrected chi connectivity index (χ4v) is 3.81. The molecular weight excluding hydrogens is 276 g/mol. The van der Waals surface area contributed by atoms with Crippen LogP contribution in [-0.4, -0.2) is 63.6 Å². The quantitative estimate of drug-likeness (QED) is 0.806. The van der Waals surface area contributed by atoms with Gasteiger partial charge in [0.2, 0.25) is 0 Å². The number of amides is 2. The summed E-state index contributed by atoms with van der Waals surface area (Å²) in [5.41, 5.74) is -0.782. The smallest absolute Gasteiger partial charge is 0.320 e. The van der Waals surface area contributed by atoms with Gasteiger partial charge in [0.15, 0.2) is 0 Å². The van der Waals surface area contributed by atoms with Gasteiger partial charge in [-0.05, 0) is 19.8 Å². The van der Waals surface area contributed by atoms with Crippen LogP contribution in [0.3, 0.4) is 0 Å². The van der Waals surface area contributed by atoms with Crippen LogP contribution >= 0.6 is 11.8 Å². The number of nitrogens with zero attached hydrogens (tertiary/aromatic N) is 2. The van der Waals surface area contributed by atoms with E-state index in [4.69, 9.17) is 0 Å². The first kappa shape index (κ1) is 15.5. The van der Waals surface area contributed by atoms with E-state index < -0.39 is 11.4 Å². The van der Waals surface area contributed by atoms with Crippen LogP contribution in [0.1, 0.15) is 33.6 Å². The van der Waals surface area contributed by atoms with Crippen molar-refractivity contribution in [1.29, 1.82) is 0 Å². The van der Waals surface area contributed by atoms with Crippen LogP contribution in [0.5, 0.6) is 0 Å². The van der Waals surface area contributed by atoms with Crippen molar-refractivity contribution in [3.05, 3.63) is 0 Å². The number of hydrogen-bond acceptors (Lipinski definition) is 3. The van der Waals surface area contributed by atoms with Gasteiger partial charge in [-0.1, -0.05) is 13.8 Å². The second kappa shape index (κ2) is 5.47. The molecule has 2 rings (SSSR count). The van der Waals surface area contributed by atoms with Crippen molar-refractivity contribution in [3.8, 4) is 0 Å². The van der Waals surface area contributed by atoms with Gasteiger partial charge in [0.25, 0.3) is 0 Å². The van der Waals surface area contributed by atoms with Gasteiger partial charge in [-0.25, -0.2) is 4.79 Å². The average Bonchev–Trinajstić information content (AvgIpc) is 2.67. The lowest BCUT2D eigenvalue weighted by Gasteiger charge is -2.28. The zero-order chi connectivity index (χ0) is 15.0. The third-order valence-electron chi connectivity index (χ3n) is 4.37. The summed E-state index contributed by atoms with van der Waals surface area (Å²) in [6.07, 6.45) is 1.52. The van der Waals surface area contributed by atoms with Gasteiger partial charge in [0, 0.05) is 36.7 Å². The number of carboxylic acid groups (broad SMARTS) is 1. The Balaban J connectivity index is 1.97. The Morgan fingerprint density at radius 1 is 1.05 bits per heavy atom. The van der Waals surface area contributed by atoms with Crippen LogP contribution in [0.15, 0.2) is 0 Å². The molecule has 114 valence electrons. The van der Waals surface area contributed by atoms with E-state index in [2.05, 4.69) is 13.8 Å². The van der Waals surface area contributed by atoms with Crippen LogP contribution in [-0.2, 0) is 4.79 Å². The number of likely N-dealkylation sites (tertiary alicyclic amines) is 1. The van der Waals surface area contributed by atoms with Crippen molar-refractivity contribution in [2.45, 2.75) is 38.4 Å². The standard InChI is InChI=1S/C14H24N2O3S/c1-13(2)4-6-15(8-9-20-13)12(19)16-7-5-14(3,10-16)11(17)18/h4-10H2,1-3H3,(H,17,18). The topological polar surface area (TPSA) is 60.9 Å². The maximum Gasteiger partial charge on any atom is 0.320 e. The third kappa shape index (κ3) is 3.22. The highest BCUT2D eigenvalue weighted by atomic mass is 32.2. The number of urea groups is 1. The molecule has 0 aromatic heterocycles. The van der Waals surface area contributed by atoms with Gasteiger partial charge < -0.3 is 14.9 Å². The molecule has 0 saturated carbocycles. The molecule has 2 aliphatic rings. The Hall–Kier alpha value is -0.910. The van der Waals surface area contributed by atoms with Gasteiger partial charge in [-0.2, -0.15) is 11.8 Å². The number of carbonyl (C=O) groups is 2. The summed E-state index contributed by atoms with van der Waals surface area (Å²) in [7, 11) is 0. The zero-order valence-corrected chi connectivity index (χ0v) is 13.3. The van der Waals surface area contributed by atoms with Crippen molar-refractivity contribution in [2.75, 3.05) is 31.9 Å². The Labute approximate surface area is 124 Å². The summed E-state index contributed by atoms with van der Waals surface area (Å²) in [6, 6.07) is 0.00766. The van der Waals surface area contributed by atoms with Crippen LogP contribution in [0, 0.1) is 5.41 Å². The van der Waals surface area contributed by atoms with Crippen molar-refractivity contribution >= 4 is 23.8 Å². The van der Waals surface area contributed by atoms with Gasteiger partial charge >= 0.3 is 12.0 Å². The molecule has 2 saturated heterocycles. The number of aliphatic carboxylic acids is 1. The first-order chi connectivity index (χ1) is 9.23. The summed E-state index contributed by atoms with van der Waals surface area (Å²) in [5, 5.41) is 9.24. The molecule has 0 aliphatic carbocycles. The first-order valence-electron chi connectivity index (χ1n) is 7.15. The third-order valence-corrected chi connectivity index (χ3v) is 5.74. The fraction of sp³-hybridized carbons (Fsp3) is 0.857. The van der Waals surface area contributed by atoms with Crippen molar-refractivity contribution in [1.82, 2.24) is 9.80 Å². The van der Waals surface area contributed by atoms with Crippen LogP contribution in [0.4, 0.5) is 4.79 Å². The largest absolute Gasteiger partial charge is 0.481 e. The minimum absolute atomic E-state index is 0.00766. The average molecular weight is 300 g/mol. The molecule has 5 nitrogen and oxygen atoms in total. The molecule has 1 atom stereocenters. The highest BCUT2D eigenvalue weighted by Crippen LogP contribution is 2.33. The maximum atomic E-state index is 12.5. The van der Waals surface area contributed by atoms with Crippen LogP contribution in [0.2, 0.25) is 0 Å². The number of hydrogen-bond donors (Lipinski definition) is 1. The maximum absolute atomic E-state index is 12.5. The van der Waals surface area contributed by atoms with Crippen LogP contribution in [0.25, 0.3) is 0 Å². The first-order valence-corrected chi connectivity index (χ1v) is 8.13. The summed E-state index contributed by atoms with van der Waals surface area (Å²) < 4.78 is 0.218. The highest BCUT2D eigenvalue weighted by molar-refractivity contribution is 8.00. The minimum Gasteiger partial charge on any atom is -0.481 e. The lowest BCUT2D eigenvalue weighted by atomic mass is 9.90. The van der Waals surface area contributed by atoms with E-state index in [1.54, 1.807) is 11.8 Å². The molecule has 0 bridgehead atoms. The normalized spacial score (nSPS) is 30.1. The van der Waals surface area contributed by atoms with Gasteiger partial charge in [-0.15, -0.1) is 0 Å². The molecular formula is C14H24N2O3S. The molecule has 2 amide bonds. The number of carboxylic acids is 1. The molecule has 0 aromatic carbocycles. The molecule has 1 unspecified atom stereocenters. The fourth-order valence-electron chi connectivity index (χ4n) is 2.71.